The molecule has 5 heteroatoms. The van der Waals surface area contributed by atoms with Crippen LogP contribution in [-0.4, -0.2) is 35.4 Å². The van der Waals surface area contributed by atoms with Gasteiger partial charge < -0.3 is 10.3 Å². The molecule has 1 rings (SSSR count). The quantitative estimate of drug-likeness (QED) is 0.826. The molecule has 112 valence electrons. The molecule has 0 bridgehead atoms. The Morgan fingerprint density at radius 2 is 2.05 bits per heavy atom. The summed E-state index contributed by atoms with van der Waals surface area (Å²) < 4.78 is 0. The van der Waals surface area contributed by atoms with Crippen molar-refractivity contribution in [2.75, 3.05) is 13.6 Å². The zero-order chi connectivity index (χ0) is 15.3. The molecule has 2 N–H and O–H groups in total. The van der Waals surface area contributed by atoms with Crippen LogP contribution in [0.5, 0.6) is 0 Å². The summed E-state index contributed by atoms with van der Waals surface area (Å²) in [5, 5.41) is 2.90. The maximum absolute atomic E-state index is 12.2. The molecule has 0 unspecified atom stereocenters. The van der Waals surface area contributed by atoms with Gasteiger partial charge in [-0.25, -0.2) is 0 Å². The molecule has 0 fully saturated rings. The van der Waals surface area contributed by atoms with Crippen LogP contribution in [-0.2, 0) is 11.3 Å². The molecule has 0 aromatic carbocycles. The number of aryl methyl sites for hydroxylation is 1. The van der Waals surface area contributed by atoms with Crippen molar-refractivity contribution < 1.29 is 4.79 Å². The highest BCUT2D eigenvalue weighted by Crippen LogP contribution is 2.04. The number of carbonyl (C=O) groups is 1. The van der Waals surface area contributed by atoms with Gasteiger partial charge in [0.05, 0.1) is 12.6 Å². The minimum atomic E-state index is -0.127. The van der Waals surface area contributed by atoms with E-state index in [9.17, 15) is 9.59 Å². The fourth-order valence-corrected chi connectivity index (χ4v) is 2.20. The molecule has 0 saturated heterocycles. The fraction of sp³-hybridized carbons (Fsp3) is 0.600. The van der Waals surface area contributed by atoms with E-state index in [1.165, 1.54) is 0 Å². The van der Waals surface area contributed by atoms with Crippen LogP contribution in [0.3, 0.4) is 0 Å². The summed E-state index contributed by atoms with van der Waals surface area (Å²) in [5.41, 5.74) is 2.16. The SMILES string of the molecule is CC[C@@H](C(=O)NCc1[nH]cc(C)c(=O)c1C)N(C)CC. The van der Waals surface area contributed by atoms with E-state index in [1.807, 2.05) is 25.8 Å². The summed E-state index contributed by atoms with van der Waals surface area (Å²) in [6.07, 6.45) is 2.45. The van der Waals surface area contributed by atoms with E-state index in [-0.39, 0.29) is 17.4 Å². The molecule has 0 aliphatic carbocycles. The molecule has 1 aromatic rings. The predicted octanol–water partition coefficient (Wildman–Crippen LogP) is 1.34. The van der Waals surface area contributed by atoms with Crippen molar-refractivity contribution in [2.24, 2.45) is 0 Å². The second-order valence-electron chi connectivity index (χ2n) is 5.12. The van der Waals surface area contributed by atoms with Gasteiger partial charge in [-0.2, -0.15) is 0 Å². The molecule has 0 aliphatic heterocycles. The molecular formula is C15H25N3O2. The molecule has 20 heavy (non-hydrogen) atoms. The smallest absolute Gasteiger partial charge is 0.237 e. The lowest BCUT2D eigenvalue weighted by Crippen LogP contribution is -2.44. The van der Waals surface area contributed by atoms with Gasteiger partial charge >= 0.3 is 0 Å². The number of hydrogen-bond donors (Lipinski definition) is 2. The number of hydrogen-bond acceptors (Lipinski definition) is 3. The van der Waals surface area contributed by atoms with Crippen molar-refractivity contribution in [1.29, 1.82) is 0 Å². The van der Waals surface area contributed by atoms with Crippen molar-refractivity contribution in [1.82, 2.24) is 15.2 Å². The number of pyridine rings is 1. The lowest BCUT2D eigenvalue weighted by atomic mass is 10.1. The summed E-state index contributed by atoms with van der Waals surface area (Å²) >= 11 is 0. The van der Waals surface area contributed by atoms with Gasteiger partial charge in [0.1, 0.15) is 0 Å². The van der Waals surface area contributed by atoms with Gasteiger partial charge in [-0.1, -0.05) is 13.8 Å². The van der Waals surface area contributed by atoms with Crippen LogP contribution in [0.15, 0.2) is 11.0 Å². The monoisotopic (exact) mass is 279 g/mol. The summed E-state index contributed by atoms with van der Waals surface area (Å²) in [4.78, 5) is 29.1. The van der Waals surface area contributed by atoms with Gasteiger partial charge in [-0.05, 0) is 33.9 Å². The first-order valence-corrected chi connectivity index (χ1v) is 7.08. The third-order valence-corrected chi connectivity index (χ3v) is 3.77. The minimum absolute atomic E-state index is 0.00215. The Morgan fingerprint density at radius 3 is 2.60 bits per heavy atom. The van der Waals surface area contributed by atoms with Gasteiger partial charge in [-0.3, -0.25) is 14.5 Å². The summed E-state index contributed by atoms with van der Waals surface area (Å²) in [6, 6.07) is -0.127. The van der Waals surface area contributed by atoms with E-state index in [2.05, 4.69) is 10.3 Å². The number of rotatable bonds is 6. The fourth-order valence-electron chi connectivity index (χ4n) is 2.20. The average molecular weight is 279 g/mol. The van der Waals surface area contributed by atoms with E-state index in [0.29, 0.717) is 17.7 Å². The van der Waals surface area contributed by atoms with Gasteiger partial charge in [0.15, 0.2) is 5.43 Å². The van der Waals surface area contributed by atoms with E-state index < -0.39 is 0 Å². The first kappa shape index (κ1) is 16.4. The second-order valence-corrected chi connectivity index (χ2v) is 5.12. The van der Waals surface area contributed by atoms with Gasteiger partial charge in [0.2, 0.25) is 5.91 Å². The van der Waals surface area contributed by atoms with Crippen LogP contribution in [0.25, 0.3) is 0 Å². The Balaban J connectivity index is 2.75. The number of H-pyrrole nitrogens is 1. The van der Waals surface area contributed by atoms with Gasteiger partial charge in [0, 0.05) is 23.0 Å². The second kappa shape index (κ2) is 7.24. The van der Waals surface area contributed by atoms with Crippen LogP contribution in [0.4, 0.5) is 0 Å². The molecule has 0 saturated carbocycles. The van der Waals surface area contributed by atoms with Crippen molar-refractivity contribution in [3.63, 3.8) is 0 Å². The highest BCUT2D eigenvalue weighted by atomic mass is 16.2. The molecule has 0 spiro atoms. The molecular weight excluding hydrogens is 254 g/mol. The minimum Gasteiger partial charge on any atom is -0.363 e. The first-order valence-electron chi connectivity index (χ1n) is 7.08. The van der Waals surface area contributed by atoms with Crippen molar-refractivity contribution >= 4 is 5.91 Å². The number of nitrogens with zero attached hydrogens (tertiary/aromatic N) is 1. The summed E-state index contributed by atoms with van der Waals surface area (Å²) in [6.45, 7) is 8.76. The maximum atomic E-state index is 12.2. The van der Waals surface area contributed by atoms with E-state index in [1.54, 1.807) is 20.0 Å². The molecule has 1 aromatic heterocycles. The number of nitrogens with one attached hydrogen (secondary N) is 2. The van der Waals surface area contributed by atoms with Crippen LogP contribution in [0.2, 0.25) is 0 Å². The molecule has 0 radical (unpaired) electrons. The molecule has 5 nitrogen and oxygen atoms in total. The molecule has 1 amide bonds. The summed E-state index contributed by atoms with van der Waals surface area (Å²) in [5.74, 6) is -0.00215. The van der Waals surface area contributed by atoms with E-state index >= 15 is 0 Å². The highest BCUT2D eigenvalue weighted by molar-refractivity contribution is 5.81. The maximum Gasteiger partial charge on any atom is 0.237 e. The Bertz CT molecular complexity index is 522. The number of amides is 1. The molecule has 1 atom stereocenters. The number of carbonyl (C=O) groups excluding carboxylic acids is 1. The van der Waals surface area contributed by atoms with Crippen LogP contribution >= 0.6 is 0 Å². The van der Waals surface area contributed by atoms with Crippen LogP contribution in [0.1, 0.15) is 37.1 Å². The zero-order valence-electron chi connectivity index (χ0n) is 13.0. The van der Waals surface area contributed by atoms with E-state index in [0.717, 1.165) is 18.7 Å². The van der Waals surface area contributed by atoms with Crippen molar-refractivity contribution in [3.05, 3.63) is 33.2 Å². The predicted molar refractivity (Wildman–Crippen MR) is 80.8 cm³/mol. The van der Waals surface area contributed by atoms with Crippen molar-refractivity contribution in [3.8, 4) is 0 Å². The Hall–Kier alpha value is -1.62. The Kier molecular flexibility index (Phi) is 5.95. The first-order chi connectivity index (χ1) is 9.42. The Morgan fingerprint density at radius 1 is 1.40 bits per heavy atom. The Labute approximate surface area is 120 Å². The number of likely N-dealkylation sites (N-methyl/N-ethyl adjacent to an activating group) is 1. The number of aromatic nitrogens is 1. The summed E-state index contributed by atoms with van der Waals surface area (Å²) in [7, 11) is 1.94. The normalized spacial score (nSPS) is 12.5. The number of aromatic amines is 1. The average Bonchev–Trinajstić information content (AvgIpc) is 2.44. The van der Waals surface area contributed by atoms with E-state index in [4.69, 9.17) is 0 Å². The van der Waals surface area contributed by atoms with Crippen molar-refractivity contribution in [2.45, 2.75) is 46.7 Å². The van der Waals surface area contributed by atoms with Crippen LogP contribution < -0.4 is 10.7 Å². The molecule has 1 heterocycles. The third-order valence-electron chi connectivity index (χ3n) is 3.77. The zero-order valence-corrected chi connectivity index (χ0v) is 13.0. The third kappa shape index (κ3) is 3.70. The molecule has 0 aliphatic rings. The standard InChI is InChI=1S/C15H25N3O2/c1-6-13(18(5)7-2)15(20)17-9-12-11(4)14(19)10(3)8-16-12/h8,13H,6-7,9H2,1-5H3,(H,16,19)(H,17,20)/t13-/m0/s1. The lowest BCUT2D eigenvalue weighted by Gasteiger charge is -2.24. The largest absolute Gasteiger partial charge is 0.363 e. The highest BCUT2D eigenvalue weighted by Gasteiger charge is 2.20. The van der Waals surface area contributed by atoms with Gasteiger partial charge in [-0.15, -0.1) is 0 Å². The lowest BCUT2D eigenvalue weighted by molar-refractivity contribution is -0.126. The van der Waals surface area contributed by atoms with Gasteiger partial charge in [0.25, 0.3) is 0 Å². The van der Waals surface area contributed by atoms with Crippen LogP contribution in [0, 0.1) is 13.8 Å². The topological polar surface area (TPSA) is 65.2 Å².